The third-order valence-corrected chi connectivity index (χ3v) is 3.02. The van der Waals surface area contributed by atoms with Gasteiger partial charge < -0.3 is 15.3 Å². The number of hydrogen-bond acceptors (Lipinski definition) is 3. The van der Waals surface area contributed by atoms with Crippen molar-refractivity contribution in [3.8, 4) is 0 Å². The topological polar surface area (TPSA) is 52.6 Å². The van der Waals surface area contributed by atoms with Crippen LogP contribution in [0, 0.1) is 6.92 Å². The largest absolute Gasteiger partial charge is 0.394 e. The van der Waals surface area contributed by atoms with Crippen LogP contribution in [0.25, 0.3) is 0 Å². The maximum atomic E-state index is 12.3. The first-order chi connectivity index (χ1) is 8.51. The van der Waals surface area contributed by atoms with Crippen molar-refractivity contribution in [1.29, 1.82) is 0 Å². The SMILES string of the molecule is CCNc1cc(C)ccc1C(=O)N(C)C(C)CO. The first-order valence-electron chi connectivity index (χ1n) is 6.23. The number of carbonyl (C=O) groups excluding carboxylic acids is 1. The van der Waals surface area contributed by atoms with Gasteiger partial charge in [0.05, 0.1) is 18.2 Å². The first-order valence-corrected chi connectivity index (χ1v) is 6.23. The lowest BCUT2D eigenvalue weighted by Crippen LogP contribution is -2.37. The summed E-state index contributed by atoms with van der Waals surface area (Å²) in [4.78, 5) is 13.9. The molecule has 4 heteroatoms. The van der Waals surface area contributed by atoms with E-state index < -0.39 is 0 Å². The summed E-state index contributed by atoms with van der Waals surface area (Å²) < 4.78 is 0. The molecular weight excluding hydrogens is 228 g/mol. The zero-order valence-corrected chi connectivity index (χ0v) is 11.5. The minimum atomic E-state index is -0.187. The van der Waals surface area contributed by atoms with Gasteiger partial charge in [0.25, 0.3) is 5.91 Å². The molecule has 1 unspecified atom stereocenters. The van der Waals surface area contributed by atoms with E-state index in [0.29, 0.717) is 5.56 Å². The highest BCUT2D eigenvalue weighted by Crippen LogP contribution is 2.19. The predicted octanol–water partition coefficient (Wildman–Crippen LogP) is 1.88. The number of aryl methyl sites for hydroxylation is 1. The van der Waals surface area contributed by atoms with Gasteiger partial charge in [-0.25, -0.2) is 0 Å². The molecule has 0 radical (unpaired) electrons. The average Bonchev–Trinajstić information content (AvgIpc) is 2.37. The van der Waals surface area contributed by atoms with Crippen LogP contribution in [0.3, 0.4) is 0 Å². The van der Waals surface area contributed by atoms with E-state index in [2.05, 4.69) is 5.32 Å². The maximum Gasteiger partial charge on any atom is 0.256 e. The van der Waals surface area contributed by atoms with Crippen molar-refractivity contribution < 1.29 is 9.90 Å². The molecule has 1 amide bonds. The van der Waals surface area contributed by atoms with Gasteiger partial charge in [-0.15, -0.1) is 0 Å². The summed E-state index contributed by atoms with van der Waals surface area (Å²) in [5, 5.41) is 12.3. The number of benzene rings is 1. The predicted molar refractivity (Wildman–Crippen MR) is 74.0 cm³/mol. The van der Waals surface area contributed by atoms with Crippen LogP contribution >= 0.6 is 0 Å². The molecule has 0 aromatic heterocycles. The van der Waals surface area contributed by atoms with Crippen molar-refractivity contribution in [3.05, 3.63) is 29.3 Å². The van der Waals surface area contributed by atoms with E-state index >= 15 is 0 Å². The van der Waals surface area contributed by atoms with Crippen LogP contribution in [0.1, 0.15) is 29.8 Å². The summed E-state index contributed by atoms with van der Waals surface area (Å²) in [6, 6.07) is 5.53. The summed E-state index contributed by atoms with van der Waals surface area (Å²) in [6.45, 7) is 6.54. The lowest BCUT2D eigenvalue weighted by atomic mass is 10.1. The van der Waals surface area contributed by atoms with Gasteiger partial charge in [0, 0.05) is 19.3 Å². The van der Waals surface area contributed by atoms with Crippen LogP contribution in [0.5, 0.6) is 0 Å². The second-order valence-corrected chi connectivity index (χ2v) is 4.53. The van der Waals surface area contributed by atoms with Crippen molar-refractivity contribution >= 4 is 11.6 Å². The fourth-order valence-corrected chi connectivity index (χ4v) is 1.69. The summed E-state index contributed by atoms with van der Waals surface area (Å²) in [5.41, 5.74) is 2.60. The van der Waals surface area contributed by atoms with Gasteiger partial charge >= 0.3 is 0 Å². The summed E-state index contributed by atoms with van der Waals surface area (Å²) >= 11 is 0. The van der Waals surface area contributed by atoms with Gasteiger partial charge in [-0.2, -0.15) is 0 Å². The zero-order chi connectivity index (χ0) is 13.7. The molecule has 0 saturated carbocycles. The molecule has 100 valence electrons. The molecule has 0 fully saturated rings. The molecule has 1 aromatic rings. The molecule has 0 spiro atoms. The Hall–Kier alpha value is -1.55. The van der Waals surface area contributed by atoms with E-state index in [-0.39, 0.29) is 18.6 Å². The molecular formula is C14H22N2O2. The third kappa shape index (κ3) is 3.23. The number of aliphatic hydroxyl groups excluding tert-OH is 1. The minimum Gasteiger partial charge on any atom is -0.394 e. The Balaban J connectivity index is 3.04. The fraction of sp³-hybridized carbons (Fsp3) is 0.500. The quantitative estimate of drug-likeness (QED) is 0.839. The lowest BCUT2D eigenvalue weighted by Gasteiger charge is -2.24. The van der Waals surface area contributed by atoms with Crippen LogP contribution in [0.4, 0.5) is 5.69 Å². The zero-order valence-electron chi connectivity index (χ0n) is 11.5. The normalized spacial score (nSPS) is 12.1. The Bertz CT molecular complexity index is 418. The van der Waals surface area contributed by atoms with E-state index in [4.69, 9.17) is 5.11 Å². The molecule has 2 N–H and O–H groups in total. The molecule has 0 aliphatic carbocycles. The maximum absolute atomic E-state index is 12.3. The standard InChI is InChI=1S/C14H22N2O2/c1-5-15-13-8-10(2)6-7-12(13)14(18)16(4)11(3)9-17/h6-8,11,15,17H,5,9H2,1-4H3. The lowest BCUT2D eigenvalue weighted by molar-refractivity contribution is 0.0683. The molecule has 0 aliphatic heterocycles. The Morgan fingerprint density at radius 1 is 1.50 bits per heavy atom. The number of carbonyl (C=O) groups is 1. The molecule has 1 rings (SSSR count). The van der Waals surface area contributed by atoms with E-state index in [9.17, 15) is 4.79 Å². The number of rotatable bonds is 5. The van der Waals surface area contributed by atoms with E-state index in [0.717, 1.165) is 17.8 Å². The Morgan fingerprint density at radius 3 is 2.72 bits per heavy atom. The number of nitrogens with zero attached hydrogens (tertiary/aromatic N) is 1. The number of nitrogens with one attached hydrogen (secondary N) is 1. The van der Waals surface area contributed by atoms with Crippen molar-refractivity contribution in [2.24, 2.45) is 0 Å². The number of hydrogen-bond donors (Lipinski definition) is 2. The van der Waals surface area contributed by atoms with Crippen LogP contribution < -0.4 is 5.32 Å². The Labute approximate surface area is 109 Å². The second kappa shape index (κ2) is 6.40. The van der Waals surface area contributed by atoms with Crippen LogP contribution in [0.2, 0.25) is 0 Å². The highest BCUT2D eigenvalue weighted by atomic mass is 16.3. The van der Waals surface area contributed by atoms with Crippen LogP contribution in [-0.2, 0) is 0 Å². The van der Waals surface area contributed by atoms with E-state index in [1.807, 2.05) is 39.0 Å². The van der Waals surface area contributed by atoms with Crippen molar-refractivity contribution in [2.75, 3.05) is 25.5 Å². The van der Waals surface area contributed by atoms with E-state index in [1.54, 1.807) is 11.9 Å². The van der Waals surface area contributed by atoms with Crippen molar-refractivity contribution in [2.45, 2.75) is 26.8 Å². The number of aliphatic hydroxyl groups is 1. The van der Waals surface area contributed by atoms with Crippen LogP contribution in [0.15, 0.2) is 18.2 Å². The summed E-state index contributed by atoms with van der Waals surface area (Å²) in [5.74, 6) is -0.0764. The van der Waals surface area contributed by atoms with Gasteiger partial charge in [0.2, 0.25) is 0 Å². The number of amides is 1. The van der Waals surface area contributed by atoms with Gasteiger partial charge in [-0.1, -0.05) is 6.07 Å². The monoisotopic (exact) mass is 250 g/mol. The number of likely N-dealkylation sites (N-methyl/N-ethyl adjacent to an activating group) is 1. The van der Waals surface area contributed by atoms with Gasteiger partial charge in [0.1, 0.15) is 0 Å². The van der Waals surface area contributed by atoms with Gasteiger partial charge in [-0.3, -0.25) is 4.79 Å². The average molecular weight is 250 g/mol. The summed E-state index contributed by atoms with van der Waals surface area (Å²) in [7, 11) is 1.71. The minimum absolute atomic E-state index is 0.0371. The van der Waals surface area contributed by atoms with Crippen molar-refractivity contribution in [1.82, 2.24) is 4.90 Å². The molecule has 0 bridgehead atoms. The molecule has 18 heavy (non-hydrogen) atoms. The van der Waals surface area contributed by atoms with Crippen LogP contribution in [-0.4, -0.2) is 42.2 Å². The Morgan fingerprint density at radius 2 is 2.17 bits per heavy atom. The van der Waals surface area contributed by atoms with Crippen molar-refractivity contribution in [3.63, 3.8) is 0 Å². The first kappa shape index (κ1) is 14.5. The molecule has 1 aromatic carbocycles. The number of anilines is 1. The second-order valence-electron chi connectivity index (χ2n) is 4.53. The molecule has 1 atom stereocenters. The smallest absolute Gasteiger partial charge is 0.256 e. The molecule has 0 heterocycles. The summed E-state index contributed by atoms with van der Waals surface area (Å²) in [6.07, 6.45) is 0. The van der Waals surface area contributed by atoms with Gasteiger partial charge in [-0.05, 0) is 38.5 Å². The highest BCUT2D eigenvalue weighted by molar-refractivity contribution is 5.99. The molecule has 4 nitrogen and oxygen atoms in total. The van der Waals surface area contributed by atoms with E-state index in [1.165, 1.54) is 0 Å². The fourth-order valence-electron chi connectivity index (χ4n) is 1.69. The molecule has 0 aliphatic rings. The highest BCUT2D eigenvalue weighted by Gasteiger charge is 2.19. The van der Waals surface area contributed by atoms with Gasteiger partial charge in [0.15, 0.2) is 0 Å². The molecule has 0 saturated heterocycles. The third-order valence-electron chi connectivity index (χ3n) is 3.02. The Kier molecular flexibility index (Phi) is 5.16.